The zero-order valence-electron chi connectivity index (χ0n) is 16.3. The molecule has 1 aromatic carbocycles. The van der Waals surface area contributed by atoms with Crippen molar-refractivity contribution in [3.05, 3.63) is 54.0 Å². The second-order valence-electron chi connectivity index (χ2n) is 7.19. The zero-order chi connectivity index (χ0) is 19.5. The number of carbonyl (C=O) groups is 1. The van der Waals surface area contributed by atoms with Gasteiger partial charge in [0.15, 0.2) is 5.65 Å². The largest absolute Gasteiger partial charge is 0.383 e. The minimum absolute atomic E-state index is 0.0657. The number of imidazole rings is 1. The van der Waals surface area contributed by atoms with Gasteiger partial charge in [0, 0.05) is 44.5 Å². The standard InChI is InChI=1S/C21H25N5O2/c1-15-5-7-17(8-6-15)23-21(27)25-11-9-16(14-25)19-24-18-4-3-10-22-20(18)26(19)12-13-28-2/h3-8,10,16H,9,11-14H2,1-2H3,(H,23,27)/t16-/m1/s1. The summed E-state index contributed by atoms with van der Waals surface area (Å²) in [6.07, 6.45) is 2.67. The number of aryl methyl sites for hydroxylation is 1. The van der Waals surface area contributed by atoms with Crippen LogP contribution in [0.3, 0.4) is 0 Å². The number of nitrogens with zero attached hydrogens (tertiary/aromatic N) is 4. The lowest BCUT2D eigenvalue weighted by Crippen LogP contribution is -2.33. The molecular formula is C21H25N5O2. The molecule has 1 aliphatic heterocycles. The molecule has 28 heavy (non-hydrogen) atoms. The van der Waals surface area contributed by atoms with E-state index >= 15 is 0 Å². The Labute approximate surface area is 164 Å². The predicted molar refractivity (Wildman–Crippen MR) is 109 cm³/mol. The molecule has 1 aliphatic rings. The molecule has 0 radical (unpaired) electrons. The maximum absolute atomic E-state index is 12.7. The number of pyridine rings is 1. The minimum atomic E-state index is -0.0657. The summed E-state index contributed by atoms with van der Waals surface area (Å²) in [7, 11) is 1.69. The van der Waals surface area contributed by atoms with Crippen molar-refractivity contribution in [1.82, 2.24) is 19.4 Å². The average molecular weight is 379 g/mol. The van der Waals surface area contributed by atoms with E-state index in [-0.39, 0.29) is 11.9 Å². The van der Waals surface area contributed by atoms with Crippen LogP contribution in [0.2, 0.25) is 0 Å². The third kappa shape index (κ3) is 3.71. The first-order valence-corrected chi connectivity index (χ1v) is 9.58. The SMILES string of the molecule is COCCn1c([C@@H]2CCN(C(=O)Nc3ccc(C)cc3)C2)nc2cccnc21. The van der Waals surface area contributed by atoms with Crippen LogP contribution in [0.25, 0.3) is 11.2 Å². The first-order valence-electron chi connectivity index (χ1n) is 9.58. The van der Waals surface area contributed by atoms with Gasteiger partial charge in [-0.25, -0.2) is 14.8 Å². The molecule has 1 fully saturated rings. The van der Waals surface area contributed by atoms with E-state index in [4.69, 9.17) is 9.72 Å². The Hall–Kier alpha value is -2.93. The highest BCUT2D eigenvalue weighted by molar-refractivity contribution is 5.89. The first kappa shape index (κ1) is 18.4. The van der Waals surface area contributed by atoms with Crippen molar-refractivity contribution in [2.24, 2.45) is 0 Å². The lowest BCUT2D eigenvalue weighted by atomic mass is 10.1. The van der Waals surface area contributed by atoms with E-state index in [0.29, 0.717) is 26.2 Å². The van der Waals surface area contributed by atoms with Crippen LogP contribution in [0.1, 0.15) is 23.7 Å². The van der Waals surface area contributed by atoms with E-state index in [9.17, 15) is 4.79 Å². The third-order valence-electron chi connectivity index (χ3n) is 5.20. The number of fused-ring (bicyclic) bond motifs is 1. The maximum atomic E-state index is 12.7. The highest BCUT2D eigenvalue weighted by Crippen LogP contribution is 2.29. The number of hydrogen-bond donors (Lipinski definition) is 1. The van der Waals surface area contributed by atoms with Crippen molar-refractivity contribution in [2.45, 2.75) is 25.8 Å². The van der Waals surface area contributed by atoms with Crippen LogP contribution in [-0.2, 0) is 11.3 Å². The highest BCUT2D eigenvalue weighted by Gasteiger charge is 2.31. The molecule has 0 unspecified atom stereocenters. The molecule has 0 aliphatic carbocycles. The third-order valence-corrected chi connectivity index (χ3v) is 5.20. The van der Waals surface area contributed by atoms with Gasteiger partial charge in [-0.05, 0) is 37.6 Å². The molecule has 2 amide bonds. The van der Waals surface area contributed by atoms with E-state index in [1.807, 2.05) is 48.2 Å². The number of urea groups is 1. The van der Waals surface area contributed by atoms with Gasteiger partial charge in [0.1, 0.15) is 11.3 Å². The molecule has 7 heteroatoms. The number of ether oxygens (including phenoxy) is 1. The molecule has 3 aromatic rings. The van der Waals surface area contributed by atoms with E-state index in [0.717, 1.165) is 29.1 Å². The molecule has 1 atom stereocenters. The average Bonchev–Trinajstić information content (AvgIpc) is 3.33. The normalized spacial score (nSPS) is 16.6. The summed E-state index contributed by atoms with van der Waals surface area (Å²) in [5.41, 5.74) is 3.74. The van der Waals surface area contributed by atoms with Gasteiger partial charge in [0.2, 0.25) is 0 Å². The molecule has 0 saturated carbocycles. The fourth-order valence-corrected chi connectivity index (χ4v) is 3.69. The molecule has 4 rings (SSSR count). The van der Waals surface area contributed by atoms with Crippen molar-refractivity contribution in [1.29, 1.82) is 0 Å². The predicted octanol–water partition coefficient (Wildman–Crippen LogP) is 3.41. The number of amides is 2. The van der Waals surface area contributed by atoms with Crippen molar-refractivity contribution < 1.29 is 9.53 Å². The second-order valence-corrected chi connectivity index (χ2v) is 7.19. The molecule has 1 N–H and O–H groups in total. The minimum Gasteiger partial charge on any atom is -0.383 e. The fraction of sp³-hybridized carbons (Fsp3) is 0.381. The van der Waals surface area contributed by atoms with Gasteiger partial charge < -0.3 is 19.5 Å². The summed E-state index contributed by atoms with van der Waals surface area (Å²) in [5, 5.41) is 2.99. The van der Waals surface area contributed by atoms with Crippen LogP contribution in [0.4, 0.5) is 10.5 Å². The van der Waals surface area contributed by atoms with Crippen LogP contribution < -0.4 is 5.32 Å². The van der Waals surface area contributed by atoms with Gasteiger partial charge >= 0.3 is 6.03 Å². The molecule has 2 aromatic heterocycles. The summed E-state index contributed by atoms with van der Waals surface area (Å²) in [5.74, 6) is 1.17. The van der Waals surface area contributed by atoms with Gasteiger partial charge in [0.25, 0.3) is 0 Å². The number of methoxy groups -OCH3 is 1. The fourth-order valence-electron chi connectivity index (χ4n) is 3.69. The smallest absolute Gasteiger partial charge is 0.321 e. The zero-order valence-corrected chi connectivity index (χ0v) is 16.3. The van der Waals surface area contributed by atoms with Gasteiger partial charge in [-0.15, -0.1) is 0 Å². The van der Waals surface area contributed by atoms with Gasteiger partial charge in [-0.3, -0.25) is 0 Å². The molecule has 1 saturated heterocycles. The van der Waals surface area contributed by atoms with Crippen molar-refractivity contribution in [3.8, 4) is 0 Å². The molecule has 7 nitrogen and oxygen atoms in total. The number of nitrogens with one attached hydrogen (secondary N) is 1. The van der Waals surface area contributed by atoms with Crippen molar-refractivity contribution in [2.75, 3.05) is 32.1 Å². The lowest BCUT2D eigenvalue weighted by molar-refractivity contribution is 0.186. The summed E-state index contributed by atoms with van der Waals surface area (Å²) >= 11 is 0. The first-order chi connectivity index (χ1) is 13.7. The molecular weight excluding hydrogens is 354 g/mol. The number of carbonyl (C=O) groups excluding carboxylic acids is 1. The maximum Gasteiger partial charge on any atom is 0.321 e. The van der Waals surface area contributed by atoms with Crippen molar-refractivity contribution in [3.63, 3.8) is 0 Å². The van der Waals surface area contributed by atoms with Crippen molar-refractivity contribution >= 4 is 22.9 Å². The molecule has 3 heterocycles. The van der Waals surface area contributed by atoms with Gasteiger partial charge in [0.05, 0.1) is 6.61 Å². The Morgan fingerprint density at radius 3 is 2.89 bits per heavy atom. The number of anilines is 1. The Morgan fingerprint density at radius 2 is 2.11 bits per heavy atom. The van der Waals surface area contributed by atoms with Crippen LogP contribution in [0.15, 0.2) is 42.6 Å². The quantitative estimate of drug-likeness (QED) is 0.737. The number of hydrogen-bond acceptors (Lipinski definition) is 4. The Morgan fingerprint density at radius 1 is 1.29 bits per heavy atom. The lowest BCUT2D eigenvalue weighted by Gasteiger charge is -2.18. The topological polar surface area (TPSA) is 72.3 Å². The van der Waals surface area contributed by atoms with E-state index in [2.05, 4.69) is 14.9 Å². The Balaban J connectivity index is 1.50. The second kappa shape index (κ2) is 7.98. The summed E-state index contributed by atoms with van der Waals surface area (Å²) in [6.45, 7) is 4.68. The Bertz CT molecular complexity index is 967. The number of likely N-dealkylation sites (tertiary alicyclic amines) is 1. The van der Waals surface area contributed by atoms with Crippen LogP contribution >= 0.6 is 0 Å². The van der Waals surface area contributed by atoms with E-state index < -0.39 is 0 Å². The Kier molecular flexibility index (Phi) is 5.25. The number of aromatic nitrogens is 3. The van der Waals surface area contributed by atoms with Crippen LogP contribution in [-0.4, -0.2) is 52.3 Å². The van der Waals surface area contributed by atoms with E-state index in [1.54, 1.807) is 13.3 Å². The molecule has 0 bridgehead atoms. The molecule has 146 valence electrons. The molecule has 0 spiro atoms. The monoisotopic (exact) mass is 379 g/mol. The number of rotatable bonds is 5. The van der Waals surface area contributed by atoms with Gasteiger partial charge in [-0.2, -0.15) is 0 Å². The van der Waals surface area contributed by atoms with Crippen LogP contribution in [0, 0.1) is 6.92 Å². The van der Waals surface area contributed by atoms with Gasteiger partial charge in [-0.1, -0.05) is 17.7 Å². The number of benzene rings is 1. The highest BCUT2D eigenvalue weighted by atomic mass is 16.5. The van der Waals surface area contributed by atoms with E-state index in [1.165, 1.54) is 5.56 Å². The summed E-state index contributed by atoms with van der Waals surface area (Å²) in [6, 6.07) is 11.7. The summed E-state index contributed by atoms with van der Waals surface area (Å²) in [4.78, 5) is 23.8. The van der Waals surface area contributed by atoms with Crippen LogP contribution in [0.5, 0.6) is 0 Å². The summed E-state index contributed by atoms with van der Waals surface area (Å²) < 4.78 is 7.39.